The summed E-state index contributed by atoms with van der Waals surface area (Å²) in [6, 6.07) is 0. The Morgan fingerprint density at radius 2 is 1.88 bits per heavy atom. The van der Waals surface area contributed by atoms with Crippen molar-refractivity contribution in [1.29, 1.82) is 0 Å². The fourth-order valence-corrected chi connectivity index (χ4v) is 5.53. The summed E-state index contributed by atoms with van der Waals surface area (Å²) in [6.07, 6.45) is 4.39. The number of esters is 3. The van der Waals surface area contributed by atoms with E-state index in [9.17, 15) is 19.5 Å². The highest BCUT2D eigenvalue weighted by Gasteiger charge is 2.54. The van der Waals surface area contributed by atoms with Crippen LogP contribution in [0.5, 0.6) is 0 Å². The van der Waals surface area contributed by atoms with Crippen LogP contribution in [0.15, 0.2) is 34.6 Å². The summed E-state index contributed by atoms with van der Waals surface area (Å²) in [4.78, 5) is 37.4. The number of fused-ring (bicyclic) bond motifs is 2. The molecule has 0 aromatic carbocycles. The Hall–Kier alpha value is -2.41. The average Bonchev–Trinajstić information content (AvgIpc) is 2.95. The molecule has 7 heteroatoms. The van der Waals surface area contributed by atoms with Crippen molar-refractivity contribution in [3.63, 3.8) is 0 Å². The van der Waals surface area contributed by atoms with Crippen LogP contribution in [0.1, 0.15) is 80.6 Å². The summed E-state index contributed by atoms with van der Waals surface area (Å²) in [5, 5.41) is 11.1. The van der Waals surface area contributed by atoms with Crippen LogP contribution in [0.4, 0.5) is 0 Å². The SMILES string of the molecule is CC(=O)OC1CC=C(C)C2CC3=C(C)C(=O)OC3=CC(C)(O)CCC(OC(=O)CC(C)C)C12C. The molecule has 1 N–H and O–H groups in total. The largest absolute Gasteiger partial charge is 0.462 e. The van der Waals surface area contributed by atoms with Crippen LogP contribution in [0, 0.1) is 17.3 Å². The molecule has 1 aliphatic heterocycles. The minimum absolute atomic E-state index is 0.135. The van der Waals surface area contributed by atoms with Crippen molar-refractivity contribution in [2.24, 2.45) is 17.3 Å². The maximum absolute atomic E-state index is 12.8. The smallest absolute Gasteiger partial charge is 0.339 e. The highest BCUT2D eigenvalue weighted by Crippen LogP contribution is 2.52. The molecule has 0 aromatic heterocycles. The van der Waals surface area contributed by atoms with E-state index >= 15 is 0 Å². The molecule has 0 saturated carbocycles. The van der Waals surface area contributed by atoms with Crippen molar-refractivity contribution in [3.05, 3.63) is 34.6 Å². The Kier molecular flexibility index (Phi) is 7.46. The van der Waals surface area contributed by atoms with Gasteiger partial charge in [0.25, 0.3) is 0 Å². The predicted molar refractivity (Wildman–Crippen MR) is 126 cm³/mol. The maximum Gasteiger partial charge on any atom is 0.339 e. The van der Waals surface area contributed by atoms with Gasteiger partial charge in [0.1, 0.15) is 18.0 Å². The van der Waals surface area contributed by atoms with Gasteiger partial charge in [-0.05, 0) is 57.9 Å². The number of ether oxygens (including phenoxy) is 3. The Balaban J connectivity index is 2.17. The third kappa shape index (κ3) is 5.29. The van der Waals surface area contributed by atoms with E-state index in [1.807, 2.05) is 27.7 Å². The molecule has 2 aliphatic carbocycles. The number of rotatable bonds is 4. The van der Waals surface area contributed by atoms with E-state index in [1.54, 1.807) is 19.9 Å². The van der Waals surface area contributed by atoms with Gasteiger partial charge >= 0.3 is 17.9 Å². The van der Waals surface area contributed by atoms with Gasteiger partial charge in [-0.1, -0.05) is 32.4 Å². The molecule has 3 rings (SSSR count). The van der Waals surface area contributed by atoms with Gasteiger partial charge < -0.3 is 19.3 Å². The zero-order valence-corrected chi connectivity index (χ0v) is 21.4. The summed E-state index contributed by atoms with van der Waals surface area (Å²) in [6.45, 7) is 12.7. The van der Waals surface area contributed by atoms with Crippen LogP contribution in [-0.4, -0.2) is 40.8 Å². The Morgan fingerprint density at radius 3 is 2.50 bits per heavy atom. The highest BCUT2D eigenvalue weighted by atomic mass is 16.6. The number of carbonyl (C=O) groups is 3. The molecule has 0 amide bonds. The van der Waals surface area contributed by atoms with Crippen molar-refractivity contribution in [3.8, 4) is 0 Å². The zero-order valence-electron chi connectivity index (χ0n) is 21.4. The van der Waals surface area contributed by atoms with Crippen molar-refractivity contribution < 1.29 is 33.7 Å². The summed E-state index contributed by atoms with van der Waals surface area (Å²) < 4.78 is 17.5. The number of allylic oxidation sites excluding steroid dienone is 2. The minimum atomic E-state index is -1.28. The lowest BCUT2D eigenvalue weighted by atomic mass is 9.59. The lowest BCUT2D eigenvalue weighted by molar-refractivity contribution is -0.181. The summed E-state index contributed by atoms with van der Waals surface area (Å²) >= 11 is 0. The van der Waals surface area contributed by atoms with Gasteiger partial charge in [-0.15, -0.1) is 0 Å². The molecule has 0 radical (unpaired) electrons. The van der Waals surface area contributed by atoms with E-state index in [0.717, 1.165) is 11.1 Å². The van der Waals surface area contributed by atoms with Gasteiger partial charge in [0.2, 0.25) is 0 Å². The second-order valence-electron chi connectivity index (χ2n) is 10.9. The Labute approximate surface area is 202 Å². The average molecular weight is 475 g/mol. The standard InChI is InChI=1S/C27H38O7/c1-15(2)12-24(29)34-23-10-11-26(6,31)14-21-19(17(4)25(30)33-21)13-20-16(3)8-9-22(27(20,23)7)32-18(5)28/h8,14-15,20,22-23,31H,9-13H2,1-7H3. The molecule has 5 unspecified atom stereocenters. The Morgan fingerprint density at radius 1 is 1.21 bits per heavy atom. The molecular formula is C27H38O7. The fourth-order valence-electron chi connectivity index (χ4n) is 5.53. The van der Waals surface area contributed by atoms with Gasteiger partial charge in [0, 0.05) is 36.3 Å². The van der Waals surface area contributed by atoms with E-state index in [1.165, 1.54) is 6.92 Å². The summed E-state index contributed by atoms with van der Waals surface area (Å²) in [5.74, 6) is -0.787. The van der Waals surface area contributed by atoms with Crippen LogP contribution in [0.3, 0.4) is 0 Å². The van der Waals surface area contributed by atoms with E-state index in [4.69, 9.17) is 14.2 Å². The third-order valence-corrected chi connectivity index (χ3v) is 7.52. The van der Waals surface area contributed by atoms with Gasteiger partial charge in [-0.2, -0.15) is 0 Å². The van der Waals surface area contributed by atoms with E-state index in [2.05, 4.69) is 6.08 Å². The number of aliphatic hydroxyl groups is 1. The zero-order chi connectivity index (χ0) is 25.4. The first-order valence-electron chi connectivity index (χ1n) is 12.2. The molecule has 0 saturated heterocycles. The minimum Gasteiger partial charge on any atom is -0.462 e. The van der Waals surface area contributed by atoms with Crippen LogP contribution in [0.25, 0.3) is 0 Å². The monoisotopic (exact) mass is 474 g/mol. The third-order valence-electron chi connectivity index (χ3n) is 7.52. The first-order valence-corrected chi connectivity index (χ1v) is 12.2. The normalized spacial score (nSPS) is 33.9. The number of hydrogen-bond donors (Lipinski definition) is 1. The molecule has 0 aromatic rings. The van der Waals surface area contributed by atoms with Crippen molar-refractivity contribution in [2.45, 2.75) is 98.4 Å². The van der Waals surface area contributed by atoms with Gasteiger partial charge in [-0.25, -0.2) is 4.79 Å². The number of carbonyl (C=O) groups excluding carboxylic acids is 3. The molecule has 0 fully saturated rings. The van der Waals surface area contributed by atoms with Gasteiger partial charge in [0.15, 0.2) is 0 Å². The first-order chi connectivity index (χ1) is 15.7. The maximum atomic E-state index is 12.8. The molecule has 5 atom stereocenters. The van der Waals surface area contributed by atoms with Crippen molar-refractivity contribution >= 4 is 17.9 Å². The predicted octanol–water partition coefficient (Wildman–Crippen LogP) is 4.54. The van der Waals surface area contributed by atoms with Crippen molar-refractivity contribution in [1.82, 2.24) is 0 Å². The molecule has 3 aliphatic rings. The first kappa shape index (κ1) is 26.2. The van der Waals surface area contributed by atoms with E-state index < -0.39 is 35.2 Å². The fraction of sp³-hybridized carbons (Fsp3) is 0.667. The molecule has 1 heterocycles. The molecule has 7 nitrogen and oxygen atoms in total. The second-order valence-corrected chi connectivity index (χ2v) is 10.9. The summed E-state index contributed by atoms with van der Waals surface area (Å²) in [5.41, 5.74) is 0.261. The Bertz CT molecular complexity index is 952. The highest BCUT2D eigenvalue weighted by molar-refractivity contribution is 5.94. The van der Waals surface area contributed by atoms with E-state index in [-0.39, 0.29) is 30.6 Å². The van der Waals surface area contributed by atoms with Crippen LogP contribution < -0.4 is 0 Å². The van der Waals surface area contributed by atoms with Gasteiger partial charge in [-0.3, -0.25) is 9.59 Å². The lowest BCUT2D eigenvalue weighted by Crippen LogP contribution is -2.54. The lowest BCUT2D eigenvalue weighted by Gasteiger charge is -2.50. The van der Waals surface area contributed by atoms with E-state index in [0.29, 0.717) is 30.6 Å². The van der Waals surface area contributed by atoms with Crippen LogP contribution >= 0.6 is 0 Å². The van der Waals surface area contributed by atoms with Gasteiger partial charge in [0.05, 0.1) is 5.60 Å². The van der Waals surface area contributed by atoms with Crippen LogP contribution in [0.2, 0.25) is 0 Å². The second kappa shape index (κ2) is 9.68. The van der Waals surface area contributed by atoms with Crippen LogP contribution in [-0.2, 0) is 28.6 Å². The molecule has 188 valence electrons. The molecular weight excluding hydrogens is 436 g/mol. The summed E-state index contributed by atoms with van der Waals surface area (Å²) in [7, 11) is 0. The molecule has 0 bridgehead atoms. The number of hydrogen-bond acceptors (Lipinski definition) is 7. The molecule has 34 heavy (non-hydrogen) atoms. The topological polar surface area (TPSA) is 99.1 Å². The quantitative estimate of drug-likeness (QED) is 0.363. The molecule has 0 spiro atoms. The van der Waals surface area contributed by atoms with Crippen molar-refractivity contribution in [2.75, 3.05) is 0 Å².